The molecule has 0 aromatic heterocycles. The summed E-state index contributed by atoms with van der Waals surface area (Å²) in [6.07, 6.45) is 2.51. The number of carboxylic acid groups (broad SMARTS) is 1. The lowest BCUT2D eigenvalue weighted by atomic mass is 10.2. The molecule has 0 aliphatic heterocycles. The molecule has 0 fully saturated rings. The van der Waals surface area contributed by atoms with E-state index in [1.165, 1.54) is 18.2 Å². The Balaban J connectivity index is 0.000000791. The van der Waals surface area contributed by atoms with Gasteiger partial charge in [0.15, 0.2) is 0 Å². The number of hydrogen-bond donors (Lipinski definition) is 2. The fraction of sp³-hybridized carbons (Fsp3) is 0.182. The van der Waals surface area contributed by atoms with Crippen molar-refractivity contribution in [3.63, 3.8) is 0 Å². The third kappa shape index (κ3) is 4.98. The second-order valence-electron chi connectivity index (χ2n) is 2.26. The largest absolute Gasteiger partial charge is 0.508 e. The van der Waals surface area contributed by atoms with Gasteiger partial charge in [-0.2, -0.15) is 0 Å². The second-order valence-corrected chi connectivity index (χ2v) is 2.26. The lowest BCUT2D eigenvalue weighted by Gasteiger charge is -1.92. The molecule has 1 aromatic rings. The first-order chi connectivity index (χ1) is 6.68. The molecular formula is C11H14O3. The Morgan fingerprint density at radius 3 is 2.14 bits per heavy atom. The molecule has 0 unspecified atom stereocenters. The van der Waals surface area contributed by atoms with E-state index in [2.05, 4.69) is 0 Å². The van der Waals surface area contributed by atoms with Crippen LogP contribution in [-0.4, -0.2) is 16.2 Å². The average Bonchev–Trinajstić information content (AvgIpc) is 2.20. The fourth-order valence-electron chi connectivity index (χ4n) is 0.753. The molecule has 3 heteroatoms. The van der Waals surface area contributed by atoms with E-state index < -0.39 is 5.97 Å². The summed E-state index contributed by atoms with van der Waals surface area (Å²) in [7, 11) is 0. The highest BCUT2D eigenvalue weighted by Crippen LogP contribution is 2.10. The topological polar surface area (TPSA) is 57.5 Å². The van der Waals surface area contributed by atoms with Crippen molar-refractivity contribution >= 4 is 12.0 Å². The van der Waals surface area contributed by atoms with E-state index in [-0.39, 0.29) is 5.75 Å². The van der Waals surface area contributed by atoms with Crippen LogP contribution < -0.4 is 0 Å². The number of phenolic OH excluding ortho intramolecular Hbond substituents is 1. The van der Waals surface area contributed by atoms with Crippen molar-refractivity contribution in [2.75, 3.05) is 0 Å². The maximum Gasteiger partial charge on any atom is 0.328 e. The number of aromatic hydroxyl groups is 1. The molecule has 0 saturated heterocycles. The molecular weight excluding hydrogens is 180 g/mol. The van der Waals surface area contributed by atoms with Gasteiger partial charge >= 0.3 is 5.97 Å². The third-order valence-corrected chi connectivity index (χ3v) is 1.31. The lowest BCUT2D eigenvalue weighted by molar-refractivity contribution is -0.131. The number of rotatable bonds is 2. The van der Waals surface area contributed by atoms with E-state index in [4.69, 9.17) is 10.2 Å². The molecule has 0 atom stereocenters. The van der Waals surface area contributed by atoms with Crippen LogP contribution in [0.3, 0.4) is 0 Å². The number of hydrogen-bond acceptors (Lipinski definition) is 2. The molecule has 0 spiro atoms. The summed E-state index contributed by atoms with van der Waals surface area (Å²) in [6, 6.07) is 6.27. The van der Waals surface area contributed by atoms with Crippen molar-refractivity contribution < 1.29 is 15.0 Å². The predicted molar refractivity (Wildman–Crippen MR) is 56.1 cm³/mol. The summed E-state index contributed by atoms with van der Waals surface area (Å²) in [5.41, 5.74) is 0.746. The Morgan fingerprint density at radius 2 is 1.71 bits per heavy atom. The zero-order valence-electron chi connectivity index (χ0n) is 8.27. The Morgan fingerprint density at radius 1 is 1.21 bits per heavy atom. The molecule has 14 heavy (non-hydrogen) atoms. The molecule has 0 saturated carbocycles. The Hall–Kier alpha value is -1.77. The number of phenols is 1. The minimum Gasteiger partial charge on any atom is -0.508 e. The van der Waals surface area contributed by atoms with Gasteiger partial charge in [-0.1, -0.05) is 26.0 Å². The van der Waals surface area contributed by atoms with Gasteiger partial charge in [0.05, 0.1) is 0 Å². The standard InChI is InChI=1S/C9H8O3.C2H6/c10-8-4-1-7(2-5-8)3-6-9(11)12;1-2/h1-6,10H,(H,11,12);1-2H3/b6-3+;. The fourth-order valence-corrected chi connectivity index (χ4v) is 0.753. The van der Waals surface area contributed by atoms with Crippen LogP contribution in [0.15, 0.2) is 30.3 Å². The smallest absolute Gasteiger partial charge is 0.328 e. The zero-order chi connectivity index (χ0) is 11.0. The van der Waals surface area contributed by atoms with Crippen LogP contribution in [0.1, 0.15) is 19.4 Å². The highest BCUT2D eigenvalue weighted by molar-refractivity contribution is 5.85. The van der Waals surface area contributed by atoms with Gasteiger partial charge in [-0.15, -0.1) is 0 Å². The monoisotopic (exact) mass is 194 g/mol. The summed E-state index contributed by atoms with van der Waals surface area (Å²) in [5, 5.41) is 17.2. The van der Waals surface area contributed by atoms with Gasteiger partial charge in [-0.25, -0.2) is 4.79 Å². The van der Waals surface area contributed by atoms with E-state index in [1.807, 2.05) is 13.8 Å². The summed E-state index contributed by atoms with van der Waals surface area (Å²) < 4.78 is 0. The van der Waals surface area contributed by atoms with E-state index in [0.717, 1.165) is 11.6 Å². The Kier molecular flexibility index (Phi) is 5.87. The Labute approximate surface area is 83.3 Å². The first-order valence-electron chi connectivity index (χ1n) is 4.38. The number of benzene rings is 1. The molecule has 1 aromatic carbocycles. The second kappa shape index (κ2) is 6.71. The minimum atomic E-state index is -0.983. The van der Waals surface area contributed by atoms with Gasteiger partial charge in [0, 0.05) is 6.08 Å². The first-order valence-corrected chi connectivity index (χ1v) is 4.38. The maximum absolute atomic E-state index is 10.1. The highest BCUT2D eigenvalue weighted by Gasteiger charge is 1.89. The predicted octanol–water partition coefficient (Wildman–Crippen LogP) is 2.52. The van der Waals surface area contributed by atoms with E-state index in [9.17, 15) is 4.79 Å². The zero-order valence-corrected chi connectivity index (χ0v) is 8.27. The maximum atomic E-state index is 10.1. The molecule has 2 N–H and O–H groups in total. The van der Waals surface area contributed by atoms with Crippen LogP contribution in [0.2, 0.25) is 0 Å². The van der Waals surface area contributed by atoms with Gasteiger partial charge < -0.3 is 10.2 Å². The summed E-state index contributed by atoms with van der Waals surface area (Å²) >= 11 is 0. The van der Waals surface area contributed by atoms with Crippen LogP contribution >= 0.6 is 0 Å². The molecule has 1 rings (SSSR count). The molecule has 0 bridgehead atoms. The van der Waals surface area contributed by atoms with Crippen LogP contribution in [-0.2, 0) is 4.79 Å². The van der Waals surface area contributed by atoms with Gasteiger partial charge in [0.25, 0.3) is 0 Å². The van der Waals surface area contributed by atoms with Crippen LogP contribution in [0, 0.1) is 0 Å². The van der Waals surface area contributed by atoms with Gasteiger partial charge in [-0.05, 0) is 23.8 Å². The van der Waals surface area contributed by atoms with Crippen LogP contribution in [0.5, 0.6) is 5.75 Å². The van der Waals surface area contributed by atoms with E-state index >= 15 is 0 Å². The number of carbonyl (C=O) groups is 1. The number of aliphatic carboxylic acids is 1. The average molecular weight is 194 g/mol. The van der Waals surface area contributed by atoms with E-state index in [1.54, 1.807) is 12.1 Å². The number of carboxylic acids is 1. The van der Waals surface area contributed by atoms with E-state index in [0.29, 0.717) is 0 Å². The molecule has 0 aliphatic carbocycles. The van der Waals surface area contributed by atoms with Crippen molar-refractivity contribution in [3.05, 3.63) is 35.9 Å². The van der Waals surface area contributed by atoms with Crippen molar-refractivity contribution in [1.29, 1.82) is 0 Å². The van der Waals surface area contributed by atoms with Gasteiger partial charge in [-0.3, -0.25) is 0 Å². The van der Waals surface area contributed by atoms with Crippen LogP contribution in [0.4, 0.5) is 0 Å². The lowest BCUT2D eigenvalue weighted by Crippen LogP contribution is -1.85. The quantitative estimate of drug-likeness (QED) is 0.711. The summed E-state index contributed by atoms with van der Waals surface area (Å²) in [6.45, 7) is 4.00. The third-order valence-electron chi connectivity index (χ3n) is 1.31. The summed E-state index contributed by atoms with van der Waals surface area (Å²) in [4.78, 5) is 10.1. The van der Waals surface area contributed by atoms with Crippen molar-refractivity contribution in [2.24, 2.45) is 0 Å². The molecule has 0 radical (unpaired) electrons. The first kappa shape index (κ1) is 12.2. The van der Waals surface area contributed by atoms with Crippen LogP contribution in [0.25, 0.3) is 6.08 Å². The SMILES string of the molecule is CC.O=C(O)/C=C/c1ccc(O)cc1. The molecule has 0 heterocycles. The summed E-state index contributed by atoms with van der Waals surface area (Å²) in [5.74, 6) is -0.814. The highest BCUT2D eigenvalue weighted by atomic mass is 16.4. The molecule has 3 nitrogen and oxygen atoms in total. The van der Waals surface area contributed by atoms with Crippen molar-refractivity contribution in [1.82, 2.24) is 0 Å². The molecule has 76 valence electrons. The van der Waals surface area contributed by atoms with Crippen molar-refractivity contribution in [2.45, 2.75) is 13.8 Å². The Bertz CT molecular complexity index is 299. The van der Waals surface area contributed by atoms with Crippen molar-refractivity contribution in [3.8, 4) is 5.75 Å². The normalized spacial score (nSPS) is 9.29. The minimum absolute atomic E-state index is 0.169. The molecule has 0 amide bonds. The molecule has 0 aliphatic rings. The van der Waals surface area contributed by atoms with Gasteiger partial charge in [0.2, 0.25) is 0 Å². The van der Waals surface area contributed by atoms with Gasteiger partial charge in [0.1, 0.15) is 5.75 Å².